The van der Waals surface area contributed by atoms with Crippen molar-refractivity contribution in [2.75, 3.05) is 46.1 Å². The second kappa shape index (κ2) is 34.7. The van der Waals surface area contributed by atoms with E-state index in [1.54, 1.807) is 37.3 Å². The number of rotatable bonds is 21. The number of nitrogens with zero attached hydrogens (tertiary/aromatic N) is 3. The predicted octanol–water partition coefficient (Wildman–Crippen LogP) is -9.45. The molecule has 5 fully saturated rings. The molecule has 2 aromatic rings. The van der Waals surface area contributed by atoms with Gasteiger partial charge in [-0.1, -0.05) is 68.0 Å². The van der Waals surface area contributed by atoms with E-state index in [9.17, 15) is 80.5 Å². The van der Waals surface area contributed by atoms with Gasteiger partial charge in [0.15, 0.2) is 30.7 Å². The average Bonchev–Trinajstić information content (AvgIpc) is 1.76. The van der Waals surface area contributed by atoms with E-state index < -0.39 is 239 Å². The van der Waals surface area contributed by atoms with Crippen LogP contribution in [-0.2, 0) is 63.6 Å². The van der Waals surface area contributed by atoms with Crippen LogP contribution in [0.15, 0.2) is 76.2 Å². The van der Waals surface area contributed by atoms with Crippen LogP contribution in [0.25, 0.3) is 0 Å². The van der Waals surface area contributed by atoms with Gasteiger partial charge in [-0.25, -0.2) is 0 Å². The molecule has 0 aliphatic carbocycles. The highest BCUT2D eigenvalue weighted by Gasteiger charge is 2.55. The molecule has 560 valence electrons. The molecule has 7 aliphatic heterocycles. The number of fused-ring (bicyclic) bond motifs is 1. The quantitative estimate of drug-likeness (QED) is 0.0516. The highest BCUT2D eigenvalue weighted by Crippen LogP contribution is 2.35. The van der Waals surface area contributed by atoms with Gasteiger partial charge in [0.1, 0.15) is 121 Å². The number of ether oxygens (including phenoxy) is 7. The van der Waals surface area contributed by atoms with Crippen molar-refractivity contribution in [2.45, 2.75) is 212 Å². The molecule has 2 aromatic carbocycles. The number of carbonyl (C=O) groups excluding carboxylic acids is 6. The number of allylic oxidation sites excluding steroid dienone is 2. The van der Waals surface area contributed by atoms with Crippen molar-refractivity contribution in [3.05, 3.63) is 77.4 Å². The van der Waals surface area contributed by atoms with E-state index in [4.69, 9.17) is 44.6 Å². The third-order valence-electron chi connectivity index (χ3n) is 18.9. The van der Waals surface area contributed by atoms with Crippen LogP contribution in [-0.4, -0.2) is 312 Å². The Morgan fingerprint density at radius 3 is 1.97 bits per heavy atom. The Balaban J connectivity index is 0.963. The fourth-order valence-electron chi connectivity index (χ4n) is 13.0. The predicted molar refractivity (Wildman–Crippen MR) is 347 cm³/mol. The number of nitrogens with two attached hydrogens (primary N) is 2. The van der Waals surface area contributed by atoms with Crippen molar-refractivity contribution in [3.63, 3.8) is 0 Å². The second-order valence-corrected chi connectivity index (χ2v) is 26.5. The lowest BCUT2D eigenvalue weighted by molar-refractivity contribution is -0.382. The fraction of sp³-hybridized carbons (Fsp3) is 0.656. The number of carbonyl (C=O) groups is 6. The van der Waals surface area contributed by atoms with E-state index in [1.807, 2.05) is 13.8 Å². The Hall–Kier alpha value is -7.38. The van der Waals surface area contributed by atoms with Gasteiger partial charge in [-0.3, -0.25) is 38.8 Å². The number of hydrogen-bond donors (Lipinski definition) is 21. The molecule has 7 heterocycles. The van der Waals surface area contributed by atoms with Crippen LogP contribution in [0.1, 0.15) is 64.0 Å². The molecule has 7 aliphatic rings. The molecule has 0 bridgehead atoms. The third-order valence-corrected chi connectivity index (χ3v) is 18.9. The van der Waals surface area contributed by atoms with Crippen LogP contribution >= 0.6 is 0 Å². The van der Waals surface area contributed by atoms with Crippen molar-refractivity contribution < 1.29 is 123 Å². The molecule has 23 N–H and O–H groups in total. The number of guanidine groups is 2. The zero-order valence-electron chi connectivity index (χ0n) is 55.8. The lowest BCUT2D eigenvalue weighted by atomic mass is 9.92. The van der Waals surface area contributed by atoms with Crippen molar-refractivity contribution in [1.29, 1.82) is 0 Å². The van der Waals surface area contributed by atoms with Crippen LogP contribution in [0.4, 0.5) is 0 Å². The highest BCUT2D eigenvalue weighted by molar-refractivity contribution is 5.98. The average molecular weight is 1430 g/mol. The Kier molecular flexibility index (Phi) is 26.7. The third kappa shape index (κ3) is 18.5. The van der Waals surface area contributed by atoms with Crippen LogP contribution in [0, 0.1) is 5.92 Å². The molecule has 27 unspecified atom stereocenters. The lowest BCUT2D eigenvalue weighted by Gasteiger charge is -2.48. The Morgan fingerprint density at radius 2 is 1.31 bits per heavy atom. The van der Waals surface area contributed by atoms with E-state index in [1.165, 1.54) is 29.8 Å². The van der Waals surface area contributed by atoms with Gasteiger partial charge in [0.25, 0.3) is 0 Å². The molecule has 0 spiro atoms. The van der Waals surface area contributed by atoms with E-state index in [-0.39, 0.29) is 36.3 Å². The van der Waals surface area contributed by atoms with E-state index in [2.05, 4.69) is 60.2 Å². The van der Waals surface area contributed by atoms with E-state index in [0.29, 0.717) is 12.0 Å². The lowest BCUT2D eigenvalue weighted by Crippen LogP contribution is -2.70. The van der Waals surface area contributed by atoms with Gasteiger partial charge in [0.05, 0.1) is 58.1 Å². The summed E-state index contributed by atoms with van der Waals surface area (Å²) in [5, 5.41) is 151. The van der Waals surface area contributed by atoms with Gasteiger partial charge >= 0.3 is 0 Å². The minimum absolute atomic E-state index is 0.0384. The number of benzene rings is 2. The first-order valence-corrected chi connectivity index (χ1v) is 33.3. The number of hydrogen-bond acceptors (Lipinski definition) is 31. The molecule has 9 rings (SSSR count). The summed E-state index contributed by atoms with van der Waals surface area (Å²) in [6.45, 7) is 2.99. The maximum Gasteiger partial charge on any atom is 0.246 e. The van der Waals surface area contributed by atoms with Crippen molar-refractivity contribution in [2.24, 2.45) is 27.4 Å². The molecule has 0 radical (unpaired) electrons. The standard InChI is InChI=1S/C64H94N12O25/c1-26(2)9-8-10-27(3)17-40-95-25-38-54(100-40)49(86)52(89)62(99-38)101-53-37(24-79)98-61(51(88)48(53)85)96-31-15-13-29(14-16-31)18-32-56(91)74-42(44(81)33-19-68-63(65)72-33)59(94)75-43(45(82)35-20-69-64(66)76(35)60-50(87)47(84)46(83)36(23-78)97-60)58(93)71-34(22-77)55(90)67-21-39(80)73-41(57(92)70-32)28(4)30-11-6-5-7-12-30/h5-7,9,11-16,27-28,32-38,40-54,60-62,77-79,81-89H,8,10,17-25H2,1-4H3,(H2,66,69)(H,67,90)(H,70,92)(H,71,93)(H,73,80)(H,74,91)(H,75,94)(H3,65,68,72). The van der Waals surface area contributed by atoms with Crippen molar-refractivity contribution >= 4 is 47.4 Å². The number of amides is 6. The van der Waals surface area contributed by atoms with Gasteiger partial charge in [0.2, 0.25) is 41.7 Å². The Labute approximate surface area is 579 Å². The Morgan fingerprint density at radius 1 is 0.653 bits per heavy atom. The van der Waals surface area contributed by atoms with Gasteiger partial charge in [-0.15, -0.1) is 0 Å². The summed E-state index contributed by atoms with van der Waals surface area (Å²) >= 11 is 0. The zero-order valence-corrected chi connectivity index (χ0v) is 55.8. The van der Waals surface area contributed by atoms with Crippen LogP contribution < -0.4 is 53.4 Å². The first kappa shape index (κ1) is 77.8. The summed E-state index contributed by atoms with van der Waals surface area (Å²) in [7, 11) is 0. The normalized spacial score (nSPS) is 36.7. The van der Waals surface area contributed by atoms with E-state index in [0.717, 1.165) is 17.7 Å². The summed E-state index contributed by atoms with van der Waals surface area (Å²) in [5.74, 6) is -8.67. The smallest absolute Gasteiger partial charge is 0.246 e. The minimum Gasteiger partial charge on any atom is -0.462 e. The number of aliphatic imine (C=N–C) groups is 2. The maximum absolute atomic E-state index is 15.2. The zero-order chi connectivity index (χ0) is 73.3. The number of aliphatic hydroxyl groups is 12. The summed E-state index contributed by atoms with van der Waals surface area (Å²) in [4.78, 5) is 96.6. The molecule has 6 amide bonds. The second-order valence-electron chi connectivity index (χ2n) is 26.5. The molecule has 37 nitrogen and oxygen atoms in total. The topological polar surface area (TPSA) is 574 Å². The Bertz CT molecular complexity index is 3250. The molecule has 37 heteroatoms. The molecule has 0 saturated carbocycles. The van der Waals surface area contributed by atoms with Crippen molar-refractivity contribution in [1.82, 2.24) is 42.1 Å². The van der Waals surface area contributed by atoms with Crippen LogP contribution in [0.2, 0.25) is 0 Å². The molecule has 5 saturated heterocycles. The van der Waals surface area contributed by atoms with Gasteiger partial charge < -0.3 is 148 Å². The SMILES string of the molecule is CC(C)=CCCC(C)CC1OCC2OC(OC3C(CO)OC(Oc4ccc(CC5NC(=O)C(C(C)c6ccccc6)NC(=O)CNC(=O)C(CO)NC(=O)C(C(O)C6CN=C(N)N6C6OC(CO)C(O)C(O)C6O)NC(=O)C(C(O)C6CN=C(N)N6)NC5=O)cc4)C(O)C3O)C(O)C(O)C2O1. The minimum atomic E-state index is -2.34. The van der Waals surface area contributed by atoms with Crippen LogP contribution in [0.5, 0.6) is 5.75 Å². The number of aliphatic hydroxyl groups excluding tert-OH is 12. The first-order chi connectivity index (χ1) is 48.1. The summed E-state index contributed by atoms with van der Waals surface area (Å²) in [6, 6.07) is 1.07. The maximum atomic E-state index is 15.2. The molecule has 101 heavy (non-hydrogen) atoms. The van der Waals surface area contributed by atoms with Gasteiger partial charge in [-0.05, 0) is 55.9 Å². The number of nitrogens with one attached hydrogen (secondary N) is 7. The molecule has 0 aromatic heterocycles. The van der Waals surface area contributed by atoms with Gasteiger partial charge in [0, 0.05) is 18.8 Å². The highest BCUT2D eigenvalue weighted by atomic mass is 16.8. The molecular formula is C64H94N12O25. The largest absolute Gasteiger partial charge is 0.462 e. The first-order valence-electron chi connectivity index (χ1n) is 33.3. The fourth-order valence-corrected chi connectivity index (χ4v) is 13.0. The van der Waals surface area contributed by atoms with Crippen LogP contribution in [0.3, 0.4) is 0 Å². The summed E-state index contributed by atoms with van der Waals surface area (Å²) in [5.41, 5.74) is 14.1. The van der Waals surface area contributed by atoms with Gasteiger partial charge in [-0.2, -0.15) is 0 Å². The summed E-state index contributed by atoms with van der Waals surface area (Å²) in [6.07, 6.45) is -25.8. The molecule has 27 atom stereocenters. The van der Waals surface area contributed by atoms with E-state index >= 15 is 9.59 Å². The van der Waals surface area contributed by atoms with Crippen molar-refractivity contribution in [3.8, 4) is 5.75 Å². The molecular weight excluding hydrogens is 1340 g/mol. The summed E-state index contributed by atoms with van der Waals surface area (Å²) < 4.78 is 41.5. The monoisotopic (exact) mass is 1430 g/mol.